The minimum Gasteiger partial charge on any atom is -0.340 e. The fourth-order valence-corrected chi connectivity index (χ4v) is 2.84. The molecular formula is C15H26N4. The molecule has 4 nitrogen and oxygen atoms in total. The van der Waals surface area contributed by atoms with Crippen LogP contribution in [0.5, 0.6) is 0 Å². The molecule has 0 N–H and O–H groups in total. The van der Waals surface area contributed by atoms with Gasteiger partial charge in [0.15, 0.2) is 0 Å². The number of aromatic nitrogens is 3. The predicted octanol–water partition coefficient (Wildman–Crippen LogP) is 3.01. The summed E-state index contributed by atoms with van der Waals surface area (Å²) in [5, 5.41) is 8.70. The fraction of sp³-hybridized carbons (Fsp3) is 0.800. The first-order valence-corrected chi connectivity index (χ1v) is 7.75. The Balaban J connectivity index is 2.12. The molecule has 1 fully saturated rings. The van der Waals surface area contributed by atoms with Crippen molar-refractivity contribution in [2.45, 2.75) is 59.3 Å². The predicted molar refractivity (Wildman–Crippen MR) is 78.4 cm³/mol. The molecule has 0 radical (unpaired) electrons. The zero-order chi connectivity index (χ0) is 13.7. The van der Waals surface area contributed by atoms with Crippen LogP contribution in [0.25, 0.3) is 0 Å². The second-order valence-corrected chi connectivity index (χ2v) is 5.40. The highest BCUT2D eigenvalue weighted by molar-refractivity contribution is 5.30. The van der Waals surface area contributed by atoms with Crippen molar-refractivity contribution < 1.29 is 0 Å². The van der Waals surface area contributed by atoms with Crippen LogP contribution in [0.1, 0.15) is 57.8 Å². The lowest BCUT2D eigenvalue weighted by Crippen LogP contribution is -2.27. The van der Waals surface area contributed by atoms with Crippen molar-refractivity contribution in [2.75, 3.05) is 18.0 Å². The van der Waals surface area contributed by atoms with E-state index < -0.39 is 0 Å². The highest BCUT2D eigenvalue weighted by atomic mass is 15.3. The number of anilines is 1. The summed E-state index contributed by atoms with van der Waals surface area (Å²) in [7, 11) is 0. The monoisotopic (exact) mass is 262 g/mol. The molecule has 1 unspecified atom stereocenters. The zero-order valence-electron chi connectivity index (χ0n) is 12.5. The SMILES string of the molecule is CCc1nnc(N2CCCC(CC)CC2)nc1CC. The molecule has 1 aromatic rings. The summed E-state index contributed by atoms with van der Waals surface area (Å²) in [4.78, 5) is 7.05. The van der Waals surface area contributed by atoms with Gasteiger partial charge >= 0.3 is 0 Å². The minimum absolute atomic E-state index is 0.839. The van der Waals surface area contributed by atoms with Gasteiger partial charge in [-0.3, -0.25) is 0 Å². The quantitative estimate of drug-likeness (QED) is 0.836. The number of rotatable bonds is 4. The summed E-state index contributed by atoms with van der Waals surface area (Å²) in [6, 6.07) is 0. The van der Waals surface area contributed by atoms with E-state index in [0.29, 0.717) is 0 Å². The van der Waals surface area contributed by atoms with Gasteiger partial charge in [-0.05, 0) is 38.0 Å². The summed E-state index contributed by atoms with van der Waals surface area (Å²) in [5.41, 5.74) is 2.16. The molecule has 0 amide bonds. The Morgan fingerprint density at radius 3 is 2.47 bits per heavy atom. The number of hydrogen-bond acceptors (Lipinski definition) is 4. The molecule has 19 heavy (non-hydrogen) atoms. The lowest BCUT2D eigenvalue weighted by atomic mass is 9.98. The first kappa shape index (κ1) is 14.2. The molecule has 0 aliphatic carbocycles. The number of nitrogens with zero attached hydrogens (tertiary/aromatic N) is 4. The van der Waals surface area contributed by atoms with Gasteiger partial charge in [0, 0.05) is 13.1 Å². The van der Waals surface area contributed by atoms with Crippen molar-refractivity contribution in [3.8, 4) is 0 Å². The fourth-order valence-electron chi connectivity index (χ4n) is 2.84. The van der Waals surface area contributed by atoms with Crippen LogP contribution in [0.2, 0.25) is 0 Å². The number of hydrogen-bond donors (Lipinski definition) is 0. The van der Waals surface area contributed by atoms with Gasteiger partial charge in [-0.1, -0.05) is 27.2 Å². The van der Waals surface area contributed by atoms with E-state index in [4.69, 9.17) is 4.98 Å². The van der Waals surface area contributed by atoms with Gasteiger partial charge in [0.05, 0.1) is 11.4 Å². The van der Waals surface area contributed by atoms with E-state index in [1.165, 1.54) is 25.7 Å². The summed E-state index contributed by atoms with van der Waals surface area (Å²) in [5.74, 6) is 1.71. The summed E-state index contributed by atoms with van der Waals surface area (Å²) < 4.78 is 0. The standard InChI is InChI=1S/C15H26N4/c1-4-12-8-7-10-19(11-9-12)15-16-13(5-2)14(6-3)17-18-15/h12H,4-11H2,1-3H3. The third-order valence-corrected chi connectivity index (χ3v) is 4.21. The molecule has 0 bridgehead atoms. The zero-order valence-corrected chi connectivity index (χ0v) is 12.5. The lowest BCUT2D eigenvalue weighted by molar-refractivity contribution is 0.459. The molecule has 0 aromatic carbocycles. The Kier molecular flexibility index (Phi) is 5.11. The summed E-state index contributed by atoms with van der Waals surface area (Å²) in [6.45, 7) is 8.70. The molecular weight excluding hydrogens is 236 g/mol. The van der Waals surface area contributed by atoms with Gasteiger partial charge in [-0.15, -0.1) is 5.10 Å². The van der Waals surface area contributed by atoms with E-state index in [-0.39, 0.29) is 0 Å². The van der Waals surface area contributed by atoms with Crippen molar-refractivity contribution in [2.24, 2.45) is 5.92 Å². The maximum Gasteiger partial charge on any atom is 0.245 e. The molecule has 1 aromatic heterocycles. The lowest BCUT2D eigenvalue weighted by Gasteiger charge is -2.20. The van der Waals surface area contributed by atoms with Gasteiger partial charge in [0.2, 0.25) is 5.95 Å². The molecule has 0 saturated carbocycles. The molecule has 2 rings (SSSR count). The van der Waals surface area contributed by atoms with Gasteiger partial charge in [0.25, 0.3) is 0 Å². The van der Waals surface area contributed by atoms with Crippen molar-refractivity contribution in [1.82, 2.24) is 15.2 Å². The molecule has 2 heterocycles. The van der Waals surface area contributed by atoms with E-state index in [2.05, 4.69) is 35.9 Å². The molecule has 0 spiro atoms. The Bertz CT molecular complexity index is 405. The van der Waals surface area contributed by atoms with Crippen LogP contribution in [0.3, 0.4) is 0 Å². The van der Waals surface area contributed by atoms with Crippen LogP contribution in [0.4, 0.5) is 5.95 Å². The molecule has 1 atom stereocenters. The van der Waals surface area contributed by atoms with E-state index in [1.54, 1.807) is 0 Å². The van der Waals surface area contributed by atoms with Crippen LogP contribution < -0.4 is 4.90 Å². The number of aryl methyl sites for hydroxylation is 2. The van der Waals surface area contributed by atoms with Gasteiger partial charge < -0.3 is 4.90 Å². The molecule has 106 valence electrons. The van der Waals surface area contributed by atoms with Crippen molar-refractivity contribution in [3.63, 3.8) is 0 Å². The van der Waals surface area contributed by atoms with Crippen molar-refractivity contribution in [1.29, 1.82) is 0 Å². The average molecular weight is 262 g/mol. The van der Waals surface area contributed by atoms with Gasteiger partial charge in [-0.2, -0.15) is 5.10 Å². The maximum atomic E-state index is 4.73. The Labute approximate surface area is 116 Å². The Morgan fingerprint density at radius 2 is 1.79 bits per heavy atom. The van der Waals surface area contributed by atoms with Crippen LogP contribution in [0, 0.1) is 5.92 Å². The van der Waals surface area contributed by atoms with E-state index in [0.717, 1.165) is 49.2 Å². The Hall–Kier alpha value is -1.19. The van der Waals surface area contributed by atoms with Crippen molar-refractivity contribution in [3.05, 3.63) is 11.4 Å². The van der Waals surface area contributed by atoms with E-state index >= 15 is 0 Å². The Morgan fingerprint density at radius 1 is 1.00 bits per heavy atom. The molecule has 1 saturated heterocycles. The highest BCUT2D eigenvalue weighted by Gasteiger charge is 2.18. The molecule has 1 aliphatic heterocycles. The summed E-state index contributed by atoms with van der Waals surface area (Å²) >= 11 is 0. The maximum absolute atomic E-state index is 4.73. The molecule has 4 heteroatoms. The van der Waals surface area contributed by atoms with Crippen LogP contribution >= 0.6 is 0 Å². The first-order valence-electron chi connectivity index (χ1n) is 7.75. The smallest absolute Gasteiger partial charge is 0.245 e. The van der Waals surface area contributed by atoms with E-state index in [9.17, 15) is 0 Å². The summed E-state index contributed by atoms with van der Waals surface area (Å²) in [6.07, 6.45) is 7.00. The third-order valence-electron chi connectivity index (χ3n) is 4.21. The normalized spacial score (nSPS) is 20.4. The van der Waals surface area contributed by atoms with Gasteiger partial charge in [-0.25, -0.2) is 4.98 Å². The second-order valence-electron chi connectivity index (χ2n) is 5.40. The van der Waals surface area contributed by atoms with Gasteiger partial charge in [0.1, 0.15) is 0 Å². The topological polar surface area (TPSA) is 41.9 Å². The van der Waals surface area contributed by atoms with Crippen LogP contribution in [0.15, 0.2) is 0 Å². The second kappa shape index (κ2) is 6.83. The van der Waals surface area contributed by atoms with E-state index in [1.807, 2.05) is 0 Å². The van der Waals surface area contributed by atoms with Crippen LogP contribution in [-0.4, -0.2) is 28.3 Å². The first-order chi connectivity index (χ1) is 9.28. The van der Waals surface area contributed by atoms with Crippen LogP contribution in [-0.2, 0) is 12.8 Å². The minimum atomic E-state index is 0.839. The average Bonchev–Trinajstić information content (AvgIpc) is 2.71. The van der Waals surface area contributed by atoms with Crippen molar-refractivity contribution >= 4 is 5.95 Å². The molecule has 1 aliphatic rings. The largest absolute Gasteiger partial charge is 0.340 e. The third kappa shape index (κ3) is 3.43. The highest BCUT2D eigenvalue weighted by Crippen LogP contribution is 2.22.